The Balaban J connectivity index is 1.83. The quantitative estimate of drug-likeness (QED) is 0.768. The second-order valence-corrected chi connectivity index (χ2v) is 4.99. The largest absolute Gasteiger partial charge is 0.481 e. The highest BCUT2D eigenvalue weighted by Gasteiger charge is 2.48. The van der Waals surface area contributed by atoms with Crippen LogP contribution in [0.15, 0.2) is 0 Å². The van der Waals surface area contributed by atoms with Gasteiger partial charge >= 0.3 is 5.97 Å². The summed E-state index contributed by atoms with van der Waals surface area (Å²) in [5.41, 5.74) is 0. The summed E-state index contributed by atoms with van der Waals surface area (Å²) in [4.78, 5) is 24.3. The van der Waals surface area contributed by atoms with Crippen molar-refractivity contribution in [3.05, 3.63) is 0 Å². The van der Waals surface area contributed by atoms with Gasteiger partial charge in [0.05, 0.1) is 6.42 Å². The van der Waals surface area contributed by atoms with Gasteiger partial charge in [0, 0.05) is 19.0 Å². The molecule has 2 saturated carbocycles. The van der Waals surface area contributed by atoms with Gasteiger partial charge in [0.1, 0.15) is 0 Å². The van der Waals surface area contributed by atoms with E-state index >= 15 is 0 Å². The van der Waals surface area contributed by atoms with E-state index in [4.69, 9.17) is 5.11 Å². The van der Waals surface area contributed by atoms with Crippen LogP contribution in [0, 0.1) is 17.8 Å². The number of amides is 1. The smallest absolute Gasteiger partial charge is 0.305 e. The SMILES string of the molecule is CCN(CCC(=O)O)C(=O)C1CC2CC2C1. The minimum absolute atomic E-state index is 0.0547. The van der Waals surface area contributed by atoms with Gasteiger partial charge in [-0.05, 0) is 38.0 Å². The van der Waals surface area contributed by atoms with E-state index in [1.165, 1.54) is 6.42 Å². The van der Waals surface area contributed by atoms with E-state index in [2.05, 4.69) is 0 Å². The predicted octanol–water partition coefficient (Wildman–Crippen LogP) is 1.36. The first-order valence-electron chi connectivity index (χ1n) is 6.12. The number of rotatable bonds is 5. The number of carbonyl (C=O) groups is 2. The van der Waals surface area contributed by atoms with Crippen molar-refractivity contribution in [2.24, 2.45) is 17.8 Å². The van der Waals surface area contributed by atoms with Crippen molar-refractivity contribution in [3.63, 3.8) is 0 Å². The van der Waals surface area contributed by atoms with Gasteiger partial charge in [-0.3, -0.25) is 9.59 Å². The lowest BCUT2D eigenvalue weighted by Gasteiger charge is -2.24. The molecule has 0 aromatic carbocycles. The number of hydrogen-bond donors (Lipinski definition) is 1. The molecule has 2 atom stereocenters. The van der Waals surface area contributed by atoms with Crippen LogP contribution in [0.3, 0.4) is 0 Å². The number of carboxylic acids is 1. The monoisotopic (exact) mass is 225 g/mol. The summed E-state index contributed by atoms with van der Waals surface area (Å²) < 4.78 is 0. The van der Waals surface area contributed by atoms with Crippen molar-refractivity contribution in [1.82, 2.24) is 4.90 Å². The molecule has 0 aromatic heterocycles. The molecule has 2 aliphatic carbocycles. The Labute approximate surface area is 95.6 Å². The maximum absolute atomic E-state index is 12.1. The van der Waals surface area contributed by atoms with Gasteiger partial charge in [-0.1, -0.05) is 0 Å². The molecule has 1 N–H and O–H groups in total. The average Bonchev–Trinajstić information content (AvgIpc) is 2.86. The highest BCUT2D eigenvalue weighted by molar-refractivity contribution is 5.80. The number of nitrogens with zero attached hydrogens (tertiary/aromatic N) is 1. The molecule has 0 saturated heterocycles. The van der Waals surface area contributed by atoms with Crippen LogP contribution >= 0.6 is 0 Å². The Bertz CT molecular complexity index is 293. The van der Waals surface area contributed by atoms with Crippen molar-refractivity contribution < 1.29 is 14.7 Å². The summed E-state index contributed by atoms with van der Waals surface area (Å²) in [6, 6.07) is 0. The van der Waals surface area contributed by atoms with Gasteiger partial charge in [0.2, 0.25) is 5.91 Å². The second-order valence-electron chi connectivity index (χ2n) is 4.99. The predicted molar refractivity (Wildman–Crippen MR) is 58.8 cm³/mol. The molecule has 2 aliphatic rings. The summed E-state index contributed by atoms with van der Waals surface area (Å²) in [6.07, 6.45) is 3.43. The maximum Gasteiger partial charge on any atom is 0.305 e. The fraction of sp³-hybridized carbons (Fsp3) is 0.833. The normalized spacial score (nSPS) is 30.9. The van der Waals surface area contributed by atoms with Crippen molar-refractivity contribution in [1.29, 1.82) is 0 Å². The molecule has 0 spiro atoms. The number of carbonyl (C=O) groups excluding carboxylic acids is 1. The van der Waals surface area contributed by atoms with Gasteiger partial charge in [-0.25, -0.2) is 0 Å². The van der Waals surface area contributed by atoms with Crippen LogP contribution in [-0.2, 0) is 9.59 Å². The summed E-state index contributed by atoms with van der Waals surface area (Å²) in [6.45, 7) is 2.89. The van der Waals surface area contributed by atoms with Crippen LogP contribution < -0.4 is 0 Å². The fourth-order valence-corrected chi connectivity index (χ4v) is 2.83. The fourth-order valence-electron chi connectivity index (χ4n) is 2.83. The van der Waals surface area contributed by atoms with Gasteiger partial charge in [-0.2, -0.15) is 0 Å². The minimum Gasteiger partial charge on any atom is -0.481 e. The molecule has 2 fully saturated rings. The van der Waals surface area contributed by atoms with E-state index in [0.717, 1.165) is 24.7 Å². The lowest BCUT2D eigenvalue weighted by Crippen LogP contribution is -2.37. The summed E-state index contributed by atoms with van der Waals surface area (Å²) >= 11 is 0. The Morgan fingerprint density at radius 1 is 1.25 bits per heavy atom. The van der Waals surface area contributed by atoms with E-state index in [1.807, 2.05) is 6.92 Å². The van der Waals surface area contributed by atoms with E-state index in [0.29, 0.717) is 13.1 Å². The molecule has 2 unspecified atom stereocenters. The van der Waals surface area contributed by atoms with Gasteiger partial charge in [0.15, 0.2) is 0 Å². The zero-order chi connectivity index (χ0) is 11.7. The molecule has 90 valence electrons. The first kappa shape index (κ1) is 11.4. The molecule has 4 nitrogen and oxygen atoms in total. The lowest BCUT2D eigenvalue weighted by molar-refractivity contribution is -0.139. The molecular formula is C12H19NO3. The number of hydrogen-bond acceptors (Lipinski definition) is 2. The molecule has 4 heteroatoms. The number of carboxylic acid groups (broad SMARTS) is 1. The molecule has 0 heterocycles. The molecule has 0 aliphatic heterocycles. The van der Waals surface area contributed by atoms with Crippen molar-refractivity contribution in [2.75, 3.05) is 13.1 Å². The van der Waals surface area contributed by atoms with Crippen LogP contribution in [0.2, 0.25) is 0 Å². The molecule has 2 rings (SSSR count). The van der Waals surface area contributed by atoms with Crippen molar-refractivity contribution in [2.45, 2.75) is 32.6 Å². The van der Waals surface area contributed by atoms with Crippen LogP contribution in [0.4, 0.5) is 0 Å². The molecule has 16 heavy (non-hydrogen) atoms. The van der Waals surface area contributed by atoms with E-state index in [1.54, 1.807) is 4.90 Å². The Kier molecular flexibility index (Phi) is 3.17. The second kappa shape index (κ2) is 4.44. The van der Waals surface area contributed by atoms with Gasteiger partial charge < -0.3 is 10.0 Å². The molecular weight excluding hydrogens is 206 g/mol. The molecule has 0 radical (unpaired) electrons. The van der Waals surface area contributed by atoms with Crippen LogP contribution in [-0.4, -0.2) is 35.0 Å². The minimum atomic E-state index is -0.833. The Hall–Kier alpha value is -1.06. The number of fused-ring (bicyclic) bond motifs is 1. The third-order valence-electron chi connectivity index (χ3n) is 3.88. The van der Waals surface area contributed by atoms with Crippen molar-refractivity contribution >= 4 is 11.9 Å². The summed E-state index contributed by atoms with van der Waals surface area (Å²) in [5.74, 6) is 1.12. The third-order valence-corrected chi connectivity index (χ3v) is 3.88. The topological polar surface area (TPSA) is 57.6 Å². The van der Waals surface area contributed by atoms with Gasteiger partial charge in [0.25, 0.3) is 0 Å². The standard InChI is InChI=1S/C12H19NO3/c1-2-13(4-3-11(14)15)12(16)10-6-8-5-9(8)7-10/h8-10H,2-7H2,1H3,(H,14,15). The van der Waals surface area contributed by atoms with E-state index in [-0.39, 0.29) is 18.2 Å². The van der Waals surface area contributed by atoms with Crippen LogP contribution in [0.25, 0.3) is 0 Å². The molecule has 1 amide bonds. The highest BCUT2D eigenvalue weighted by Crippen LogP contribution is 2.54. The summed E-state index contributed by atoms with van der Waals surface area (Å²) in [5, 5.41) is 8.62. The van der Waals surface area contributed by atoms with E-state index < -0.39 is 5.97 Å². The lowest BCUT2D eigenvalue weighted by atomic mass is 10.0. The number of aliphatic carboxylic acids is 1. The van der Waals surface area contributed by atoms with Crippen LogP contribution in [0.1, 0.15) is 32.6 Å². The molecule has 0 bridgehead atoms. The van der Waals surface area contributed by atoms with Crippen LogP contribution in [0.5, 0.6) is 0 Å². The third kappa shape index (κ3) is 2.36. The molecule has 0 aromatic rings. The maximum atomic E-state index is 12.1. The van der Waals surface area contributed by atoms with E-state index in [9.17, 15) is 9.59 Å². The zero-order valence-electron chi connectivity index (χ0n) is 9.69. The first-order valence-corrected chi connectivity index (χ1v) is 6.12. The Morgan fingerprint density at radius 2 is 1.88 bits per heavy atom. The van der Waals surface area contributed by atoms with Crippen molar-refractivity contribution in [3.8, 4) is 0 Å². The summed E-state index contributed by atoms with van der Waals surface area (Å²) in [7, 11) is 0. The first-order chi connectivity index (χ1) is 7.61. The zero-order valence-corrected chi connectivity index (χ0v) is 9.69. The Morgan fingerprint density at radius 3 is 2.38 bits per heavy atom. The average molecular weight is 225 g/mol. The highest BCUT2D eigenvalue weighted by atomic mass is 16.4. The van der Waals surface area contributed by atoms with Gasteiger partial charge in [-0.15, -0.1) is 0 Å².